The van der Waals surface area contributed by atoms with Crippen molar-refractivity contribution in [1.29, 1.82) is 0 Å². The fraction of sp³-hybridized carbons (Fsp3) is 0.562. The molecule has 0 fully saturated rings. The number of nitrogens with one attached hydrogen (secondary N) is 1. The van der Waals surface area contributed by atoms with Gasteiger partial charge in [0.1, 0.15) is 0 Å². The molecule has 1 aromatic rings. The first-order valence-electron chi connectivity index (χ1n) is 7.43. The smallest absolute Gasteiger partial charge is 0.238 e. The fourth-order valence-corrected chi connectivity index (χ4v) is 2.28. The lowest BCUT2D eigenvalue weighted by Crippen LogP contribution is -2.32. The van der Waals surface area contributed by atoms with Crippen LogP contribution in [0.3, 0.4) is 0 Å². The van der Waals surface area contributed by atoms with E-state index in [1.807, 2.05) is 24.3 Å². The lowest BCUT2D eigenvalue weighted by atomic mass is 10.2. The number of anilines is 2. The molecule has 0 saturated heterocycles. The van der Waals surface area contributed by atoms with Gasteiger partial charge in [-0.05, 0) is 52.1 Å². The molecule has 0 aromatic heterocycles. The minimum Gasteiger partial charge on any atom is -0.395 e. The second kappa shape index (κ2) is 8.64. The van der Waals surface area contributed by atoms with Gasteiger partial charge in [0.05, 0.1) is 13.2 Å². The van der Waals surface area contributed by atoms with Gasteiger partial charge >= 0.3 is 0 Å². The van der Waals surface area contributed by atoms with E-state index in [9.17, 15) is 4.79 Å². The Kier molecular flexibility index (Phi) is 7.19. The maximum atomic E-state index is 11.8. The van der Waals surface area contributed by atoms with Crippen LogP contribution in [0.5, 0.6) is 0 Å². The van der Waals surface area contributed by atoms with Gasteiger partial charge in [-0.25, -0.2) is 0 Å². The number of carbonyl (C=O) groups is 1. The summed E-state index contributed by atoms with van der Waals surface area (Å²) in [7, 11) is 1.81. The van der Waals surface area contributed by atoms with Crippen molar-refractivity contribution < 1.29 is 9.90 Å². The van der Waals surface area contributed by atoms with Crippen LogP contribution in [0.4, 0.5) is 11.4 Å². The van der Waals surface area contributed by atoms with E-state index in [0.29, 0.717) is 12.6 Å². The topological polar surface area (TPSA) is 55.8 Å². The highest BCUT2D eigenvalue weighted by atomic mass is 16.3. The number of hydrogen-bond donors (Lipinski definition) is 2. The molecule has 2 N–H and O–H groups in total. The summed E-state index contributed by atoms with van der Waals surface area (Å²) in [6, 6.07) is 8.34. The molecule has 5 nitrogen and oxygen atoms in total. The molecular weight excluding hydrogens is 266 g/mol. The lowest BCUT2D eigenvalue weighted by Gasteiger charge is -2.27. The minimum absolute atomic E-state index is 0.0561. The zero-order valence-electron chi connectivity index (χ0n) is 13.5. The molecule has 0 aliphatic heterocycles. The van der Waals surface area contributed by atoms with Gasteiger partial charge in [0.25, 0.3) is 0 Å². The van der Waals surface area contributed by atoms with E-state index in [1.165, 1.54) is 0 Å². The molecule has 0 radical (unpaired) electrons. The van der Waals surface area contributed by atoms with E-state index in [4.69, 9.17) is 5.11 Å². The van der Waals surface area contributed by atoms with Crippen molar-refractivity contribution in [2.75, 3.05) is 43.5 Å². The van der Waals surface area contributed by atoms with Gasteiger partial charge in [0, 0.05) is 30.5 Å². The maximum absolute atomic E-state index is 11.8. The molecular formula is C16H27N3O2. The number of nitrogens with zero attached hydrogens (tertiary/aromatic N) is 2. The molecule has 0 aliphatic carbocycles. The van der Waals surface area contributed by atoms with E-state index in [0.717, 1.165) is 17.9 Å². The first-order valence-corrected chi connectivity index (χ1v) is 7.43. The van der Waals surface area contributed by atoms with Crippen molar-refractivity contribution in [2.24, 2.45) is 0 Å². The van der Waals surface area contributed by atoms with Gasteiger partial charge in [0.15, 0.2) is 0 Å². The van der Waals surface area contributed by atoms with Gasteiger partial charge in [-0.1, -0.05) is 0 Å². The van der Waals surface area contributed by atoms with Crippen LogP contribution in [0.1, 0.15) is 20.8 Å². The van der Waals surface area contributed by atoms with Crippen LogP contribution >= 0.6 is 0 Å². The largest absolute Gasteiger partial charge is 0.395 e. The number of carbonyl (C=O) groups excluding carboxylic acids is 1. The van der Waals surface area contributed by atoms with Gasteiger partial charge in [-0.3, -0.25) is 9.69 Å². The Hall–Kier alpha value is -1.59. The third kappa shape index (κ3) is 5.73. The molecule has 0 heterocycles. The fourth-order valence-electron chi connectivity index (χ4n) is 2.28. The Bertz CT molecular complexity index is 432. The summed E-state index contributed by atoms with van der Waals surface area (Å²) in [5.41, 5.74) is 1.95. The summed E-state index contributed by atoms with van der Waals surface area (Å²) in [5, 5.41) is 11.7. The molecule has 0 aliphatic rings. The molecule has 1 rings (SSSR count). The number of aliphatic hydroxyl groups is 1. The van der Waals surface area contributed by atoms with E-state index < -0.39 is 0 Å². The average Bonchev–Trinajstić information content (AvgIpc) is 2.41. The summed E-state index contributed by atoms with van der Waals surface area (Å²) in [4.78, 5) is 15.9. The third-order valence-corrected chi connectivity index (χ3v) is 3.34. The second-order valence-corrected chi connectivity index (χ2v) is 5.44. The molecule has 0 atom stereocenters. The molecule has 1 amide bonds. The Morgan fingerprint density at radius 3 is 2.38 bits per heavy atom. The molecule has 0 spiro atoms. The standard InChI is InChI=1S/C16H27N3O2/c1-5-19(13(2)3)15-8-6-14(7-9-15)17-16(21)12-18(4)10-11-20/h6-9,13,20H,5,10-12H2,1-4H3,(H,17,21). The molecule has 1 aromatic carbocycles. The first-order chi connectivity index (χ1) is 9.97. The monoisotopic (exact) mass is 293 g/mol. The molecule has 21 heavy (non-hydrogen) atoms. The highest BCUT2D eigenvalue weighted by Crippen LogP contribution is 2.19. The molecule has 0 saturated carbocycles. The van der Waals surface area contributed by atoms with E-state index in [2.05, 4.69) is 31.0 Å². The Morgan fingerprint density at radius 2 is 1.90 bits per heavy atom. The van der Waals surface area contributed by atoms with Crippen LogP contribution in [0.25, 0.3) is 0 Å². The number of rotatable bonds is 8. The number of amides is 1. The SMILES string of the molecule is CCN(c1ccc(NC(=O)CN(C)CCO)cc1)C(C)C. The quantitative estimate of drug-likeness (QED) is 0.767. The predicted octanol–water partition coefficient (Wildman–Crippen LogP) is 1.78. The van der Waals surface area contributed by atoms with E-state index in [1.54, 1.807) is 11.9 Å². The third-order valence-electron chi connectivity index (χ3n) is 3.34. The molecule has 5 heteroatoms. The highest BCUT2D eigenvalue weighted by molar-refractivity contribution is 5.92. The molecule has 0 bridgehead atoms. The molecule has 0 unspecified atom stereocenters. The van der Waals surface area contributed by atoms with Crippen LogP contribution in [0.15, 0.2) is 24.3 Å². The van der Waals surface area contributed by atoms with Gasteiger partial charge in [-0.2, -0.15) is 0 Å². The van der Waals surface area contributed by atoms with Crippen LogP contribution in [-0.2, 0) is 4.79 Å². The zero-order valence-corrected chi connectivity index (χ0v) is 13.5. The summed E-state index contributed by atoms with van der Waals surface area (Å²) in [5.74, 6) is -0.0742. The zero-order chi connectivity index (χ0) is 15.8. The van der Waals surface area contributed by atoms with Crippen LogP contribution in [0.2, 0.25) is 0 Å². The van der Waals surface area contributed by atoms with Crippen LogP contribution < -0.4 is 10.2 Å². The predicted molar refractivity (Wildman–Crippen MR) is 87.8 cm³/mol. The minimum atomic E-state index is -0.0742. The normalized spacial score (nSPS) is 11.0. The van der Waals surface area contributed by atoms with Crippen molar-refractivity contribution in [1.82, 2.24) is 4.90 Å². The maximum Gasteiger partial charge on any atom is 0.238 e. The van der Waals surface area contributed by atoms with Crippen molar-refractivity contribution in [2.45, 2.75) is 26.8 Å². The first kappa shape index (κ1) is 17.5. The van der Waals surface area contributed by atoms with Crippen molar-refractivity contribution in [3.8, 4) is 0 Å². The van der Waals surface area contributed by atoms with Crippen molar-refractivity contribution in [3.05, 3.63) is 24.3 Å². The summed E-state index contributed by atoms with van der Waals surface area (Å²) >= 11 is 0. The van der Waals surface area contributed by atoms with Crippen molar-refractivity contribution >= 4 is 17.3 Å². The van der Waals surface area contributed by atoms with Crippen molar-refractivity contribution in [3.63, 3.8) is 0 Å². The average molecular weight is 293 g/mol. The van der Waals surface area contributed by atoms with Crippen LogP contribution in [-0.4, -0.2) is 55.2 Å². The molecule has 118 valence electrons. The van der Waals surface area contributed by atoms with E-state index in [-0.39, 0.29) is 19.1 Å². The Balaban J connectivity index is 2.60. The van der Waals surface area contributed by atoms with E-state index >= 15 is 0 Å². The number of aliphatic hydroxyl groups excluding tert-OH is 1. The Morgan fingerprint density at radius 1 is 1.29 bits per heavy atom. The second-order valence-electron chi connectivity index (χ2n) is 5.44. The Labute approximate surface area is 127 Å². The van der Waals surface area contributed by atoms with Gasteiger partial charge in [0.2, 0.25) is 5.91 Å². The number of hydrogen-bond acceptors (Lipinski definition) is 4. The van der Waals surface area contributed by atoms with Gasteiger partial charge in [-0.15, -0.1) is 0 Å². The summed E-state index contributed by atoms with van der Waals surface area (Å²) < 4.78 is 0. The lowest BCUT2D eigenvalue weighted by molar-refractivity contribution is -0.117. The van der Waals surface area contributed by atoms with Crippen LogP contribution in [0, 0.1) is 0 Å². The number of likely N-dealkylation sites (N-methyl/N-ethyl adjacent to an activating group) is 1. The summed E-state index contributed by atoms with van der Waals surface area (Å²) in [6.45, 7) is 8.23. The number of benzene rings is 1. The van der Waals surface area contributed by atoms with Gasteiger partial charge < -0.3 is 15.3 Å². The highest BCUT2D eigenvalue weighted by Gasteiger charge is 2.09. The summed E-state index contributed by atoms with van der Waals surface area (Å²) in [6.07, 6.45) is 0.